The number of aromatic nitrogens is 2. The molecule has 1 saturated heterocycles. The first-order valence-corrected chi connectivity index (χ1v) is 10.9. The monoisotopic (exact) mass is 410 g/mol. The summed E-state index contributed by atoms with van der Waals surface area (Å²) in [4.78, 5) is 31.5. The summed E-state index contributed by atoms with van der Waals surface area (Å²) in [5, 5.41) is 2.96. The number of carbonyl (C=O) groups excluding carboxylic acids is 2. The van der Waals surface area contributed by atoms with Gasteiger partial charge in [-0.15, -0.1) is 0 Å². The van der Waals surface area contributed by atoms with Gasteiger partial charge in [-0.3, -0.25) is 9.59 Å². The van der Waals surface area contributed by atoms with Crippen LogP contribution in [0.25, 0.3) is 0 Å². The molecule has 30 heavy (non-hydrogen) atoms. The summed E-state index contributed by atoms with van der Waals surface area (Å²) >= 11 is 0. The van der Waals surface area contributed by atoms with Crippen molar-refractivity contribution in [1.29, 1.82) is 0 Å². The molecule has 0 bridgehead atoms. The molecular weight excluding hydrogens is 380 g/mol. The highest BCUT2D eigenvalue weighted by atomic mass is 16.5. The Morgan fingerprint density at radius 1 is 1.20 bits per heavy atom. The van der Waals surface area contributed by atoms with E-state index in [1.807, 2.05) is 16.4 Å². The fraction of sp³-hybridized carbons (Fsp3) is 0.522. The third kappa shape index (κ3) is 4.26. The predicted molar refractivity (Wildman–Crippen MR) is 113 cm³/mol. The number of rotatable bonds is 5. The Kier molecular flexibility index (Phi) is 6.18. The van der Waals surface area contributed by atoms with Crippen LogP contribution in [0.4, 0.5) is 0 Å². The average Bonchev–Trinajstić information content (AvgIpc) is 3.21. The highest BCUT2D eigenvalue weighted by Crippen LogP contribution is 2.29. The molecule has 0 spiro atoms. The van der Waals surface area contributed by atoms with Crippen LogP contribution < -0.4 is 5.32 Å². The van der Waals surface area contributed by atoms with Gasteiger partial charge in [-0.05, 0) is 31.7 Å². The number of nitrogens with one attached hydrogen (secondary N) is 1. The summed E-state index contributed by atoms with van der Waals surface area (Å²) in [5.74, 6) is 0.0440. The van der Waals surface area contributed by atoms with Crippen molar-refractivity contribution >= 4 is 11.8 Å². The predicted octanol–water partition coefficient (Wildman–Crippen LogP) is 2.84. The van der Waals surface area contributed by atoms with Gasteiger partial charge in [0.1, 0.15) is 6.10 Å². The van der Waals surface area contributed by atoms with Crippen LogP contribution in [0.15, 0.2) is 30.6 Å². The molecule has 1 fully saturated rings. The van der Waals surface area contributed by atoms with Gasteiger partial charge >= 0.3 is 0 Å². The second-order valence-corrected chi connectivity index (χ2v) is 8.26. The van der Waals surface area contributed by atoms with Crippen LogP contribution in [0.2, 0.25) is 0 Å². The highest BCUT2D eigenvalue weighted by Gasteiger charge is 2.32. The minimum atomic E-state index is -0.0615. The molecule has 7 nitrogen and oxygen atoms in total. The fourth-order valence-electron chi connectivity index (χ4n) is 4.18. The Hall–Kier alpha value is -2.67. The molecule has 1 N–H and O–H groups in total. The molecule has 1 aromatic heterocycles. The van der Waals surface area contributed by atoms with Crippen LogP contribution in [0.3, 0.4) is 0 Å². The van der Waals surface area contributed by atoms with Crippen LogP contribution in [0.5, 0.6) is 0 Å². The summed E-state index contributed by atoms with van der Waals surface area (Å²) in [5.41, 5.74) is 3.67. The lowest BCUT2D eigenvalue weighted by Crippen LogP contribution is -2.43. The molecule has 4 rings (SSSR count). The lowest BCUT2D eigenvalue weighted by molar-refractivity contribution is -0.126. The van der Waals surface area contributed by atoms with Crippen molar-refractivity contribution in [2.24, 2.45) is 5.92 Å². The summed E-state index contributed by atoms with van der Waals surface area (Å²) in [6.45, 7) is 7.01. The van der Waals surface area contributed by atoms with Crippen molar-refractivity contribution in [3.05, 3.63) is 53.1 Å². The fourth-order valence-corrected chi connectivity index (χ4v) is 4.18. The maximum Gasteiger partial charge on any atom is 0.274 e. The number of benzene rings is 1. The van der Waals surface area contributed by atoms with E-state index < -0.39 is 0 Å². The molecule has 1 aromatic carbocycles. The number of imidazole rings is 1. The first kappa shape index (κ1) is 20.6. The number of ether oxygens (including phenoxy) is 1. The minimum Gasteiger partial charge on any atom is -0.365 e. The quantitative estimate of drug-likeness (QED) is 0.822. The summed E-state index contributed by atoms with van der Waals surface area (Å²) < 4.78 is 8.10. The zero-order valence-corrected chi connectivity index (χ0v) is 17.8. The van der Waals surface area contributed by atoms with E-state index in [2.05, 4.69) is 41.5 Å². The topological polar surface area (TPSA) is 76.5 Å². The van der Waals surface area contributed by atoms with Crippen molar-refractivity contribution in [2.75, 3.05) is 19.6 Å². The molecule has 0 unspecified atom stereocenters. The maximum atomic E-state index is 13.1. The Morgan fingerprint density at radius 3 is 2.63 bits per heavy atom. The van der Waals surface area contributed by atoms with Gasteiger partial charge in [0, 0.05) is 25.6 Å². The van der Waals surface area contributed by atoms with Gasteiger partial charge in [-0.25, -0.2) is 4.98 Å². The van der Waals surface area contributed by atoms with Gasteiger partial charge in [0.15, 0.2) is 5.69 Å². The highest BCUT2D eigenvalue weighted by molar-refractivity contribution is 5.93. The number of fused-ring (bicyclic) bond motifs is 1. The van der Waals surface area contributed by atoms with E-state index >= 15 is 0 Å². The van der Waals surface area contributed by atoms with Gasteiger partial charge in [-0.2, -0.15) is 0 Å². The maximum absolute atomic E-state index is 13.1. The molecular formula is C23H30N4O3. The molecule has 3 heterocycles. The zero-order chi connectivity index (χ0) is 21.1. The lowest BCUT2D eigenvalue weighted by Gasteiger charge is -2.31. The third-order valence-corrected chi connectivity index (χ3v) is 6.08. The van der Waals surface area contributed by atoms with Gasteiger partial charge in [0.25, 0.3) is 5.91 Å². The normalized spacial score (nSPS) is 19.4. The van der Waals surface area contributed by atoms with E-state index in [0.717, 1.165) is 17.7 Å². The van der Waals surface area contributed by atoms with Gasteiger partial charge in [-0.1, -0.05) is 36.8 Å². The summed E-state index contributed by atoms with van der Waals surface area (Å²) in [6.07, 6.45) is 4.04. The number of piperidine rings is 1. The van der Waals surface area contributed by atoms with Gasteiger partial charge in [0.05, 0.1) is 25.2 Å². The molecule has 1 atom stereocenters. The molecule has 160 valence electrons. The average molecular weight is 411 g/mol. The van der Waals surface area contributed by atoms with Crippen LogP contribution in [0, 0.1) is 12.8 Å². The van der Waals surface area contributed by atoms with Crippen molar-refractivity contribution in [2.45, 2.75) is 52.4 Å². The first-order valence-electron chi connectivity index (χ1n) is 10.9. The Bertz CT molecular complexity index is 898. The molecule has 7 heteroatoms. The number of aryl methyl sites for hydroxylation is 1. The number of nitrogens with zero attached hydrogens (tertiary/aromatic N) is 3. The van der Waals surface area contributed by atoms with E-state index in [9.17, 15) is 9.59 Å². The summed E-state index contributed by atoms with van der Waals surface area (Å²) in [7, 11) is 0. The molecule has 2 amide bonds. The van der Waals surface area contributed by atoms with Crippen LogP contribution in [0.1, 0.15) is 59.6 Å². The van der Waals surface area contributed by atoms with E-state index in [0.29, 0.717) is 51.3 Å². The van der Waals surface area contributed by atoms with E-state index in [1.54, 1.807) is 6.33 Å². The number of hydrogen-bond acceptors (Lipinski definition) is 4. The molecule has 0 aliphatic carbocycles. The van der Waals surface area contributed by atoms with Gasteiger partial charge < -0.3 is 19.5 Å². The van der Waals surface area contributed by atoms with Crippen molar-refractivity contribution < 1.29 is 14.3 Å². The number of likely N-dealkylation sites (tertiary alicyclic amines) is 1. The molecule has 2 aromatic rings. The third-order valence-electron chi connectivity index (χ3n) is 6.08. The minimum absolute atomic E-state index is 0.00453. The molecule has 0 radical (unpaired) electrons. The van der Waals surface area contributed by atoms with Crippen molar-refractivity contribution in [3.63, 3.8) is 0 Å². The second kappa shape index (κ2) is 9.00. The van der Waals surface area contributed by atoms with E-state index in [-0.39, 0.29) is 23.8 Å². The van der Waals surface area contributed by atoms with Crippen LogP contribution in [-0.4, -0.2) is 45.9 Å². The Balaban J connectivity index is 1.38. The molecule has 2 aliphatic heterocycles. The molecule has 0 saturated carbocycles. The van der Waals surface area contributed by atoms with E-state index in [1.165, 1.54) is 5.56 Å². The lowest BCUT2D eigenvalue weighted by atomic mass is 9.95. The summed E-state index contributed by atoms with van der Waals surface area (Å²) in [6, 6.07) is 8.36. The van der Waals surface area contributed by atoms with E-state index in [4.69, 9.17) is 4.74 Å². The number of amides is 2. The molecule has 2 aliphatic rings. The number of carbonyl (C=O) groups is 2. The van der Waals surface area contributed by atoms with Gasteiger partial charge in [0.2, 0.25) is 5.91 Å². The largest absolute Gasteiger partial charge is 0.365 e. The first-order chi connectivity index (χ1) is 14.6. The Morgan fingerprint density at radius 2 is 1.93 bits per heavy atom. The smallest absolute Gasteiger partial charge is 0.274 e. The SMILES string of the molecule is CCCNC(=O)C1CCN(C(=O)c2ncn3c2CO[C@H](c2ccc(C)cc2)C3)CC1. The van der Waals surface area contributed by atoms with Crippen molar-refractivity contribution in [3.8, 4) is 0 Å². The van der Waals surface area contributed by atoms with Crippen LogP contribution >= 0.6 is 0 Å². The van der Waals surface area contributed by atoms with Crippen LogP contribution in [-0.2, 0) is 22.7 Å². The van der Waals surface area contributed by atoms with Crippen molar-refractivity contribution in [1.82, 2.24) is 19.8 Å². The number of hydrogen-bond donors (Lipinski definition) is 1. The zero-order valence-electron chi connectivity index (χ0n) is 17.8. The second-order valence-electron chi connectivity index (χ2n) is 8.26. The standard InChI is InChI=1S/C23H30N4O3/c1-3-10-24-22(28)18-8-11-26(12-9-18)23(29)21-19-14-30-20(13-27(19)15-25-21)17-6-4-16(2)5-7-17/h4-7,15,18,20H,3,8-14H2,1-2H3,(H,24,28)/t20-/m0/s1. The Labute approximate surface area is 177 Å².